The number of aromatic amines is 1. The van der Waals surface area contributed by atoms with Gasteiger partial charge in [0, 0.05) is 5.69 Å². The van der Waals surface area contributed by atoms with E-state index in [1.54, 1.807) is 6.07 Å². The van der Waals surface area contributed by atoms with Crippen LogP contribution in [0.2, 0.25) is 0 Å². The maximum atomic E-state index is 12.1. The number of aliphatic hydroxyl groups excluding tert-OH is 1. The van der Waals surface area contributed by atoms with E-state index in [0.29, 0.717) is 11.6 Å². The maximum absolute atomic E-state index is 12.1. The van der Waals surface area contributed by atoms with Crippen LogP contribution in [-0.4, -0.2) is 33.9 Å². The Bertz CT molecular complexity index is 415. The van der Waals surface area contributed by atoms with E-state index in [1.807, 2.05) is 13.8 Å². The number of nitrogens with zero attached hydrogens (tertiary/aromatic N) is 1. The lowest BCUT2D eigenvalue weighted by Gasteiger charge is -2.21. The van der Waals surface area contributed by atoms with Crippen LogP contribution in [0.5, 0.6) is 0 Å². The van der Waals surface area contributed by atoms with E-state index in [2.05, 4.69) is 29.4 Å². The van der Waals surface area contributed by atoms with E-state index in [-0.39, 0.29) is 24.5 Å². The van der Waals surface area contributed by atoms with Crippen molar-refractivity contribution in [2.75, 3.05) is 6.61 Å². The highest BCUT2D eigenvalue weighted by atomic mass is 16.3. The molecule has 0 saturated heterocycles. The van der Waals surface area contributed by atoms with Crippen LogP contribution in [0.3, 0.4) is 0 Å². The van der Waals surface area contributed by atoms with Crippen molar-refractivity contribution in [2.45, 2.75) is 53.0 Å². The molecule has 0 saturated carbocycles. The van der Waals surface area contributed by atoms with Crippen LogP contribution in [-0.2, 0) is 6.42 Å². The summed E-state index contributed by atoms with van der Waals surface area (Å²) in [6, 6.07) is 1.58. The van der Waals surface area contributed by atoms with Crippen LogP contribution in [0.15, 0.2) is 6.07 Å². The zero-order chi connectivity index (χ0) is 15.1. The molecule has 5 heteroatoms. The third-order valence-electron chi connectivity index (χ3n) is 3.70. The highest BCUT2D eigenvalue weighted by molar-refractivity contribution is 5.92. The highest BCUT2D eigenvalue weighted by Gasteiger charge is 2.19. The van der Waals surface area contributed by atoms with Gasteiger partial charge in [0.2, 0.25) is 0 Å². The fourth-order valence-electron chi connectivity index (χ4n) is 1.94. The van der Waals surface area contributed by atoms with E-state index < -0.39 is 0 Å². The topological polar surface area (TPSA) is 78.0 Å². The lowest BCUT2D eigenvalue weighted by Crippen LogP contribution is -2.42. The summed E-state index contributed by atoms with van der Waals surface area (Å²) in [6.07, 6.45) is 2.87. The van der Waals surface area contributed by atoms with Crippen molar-refractivity contribution in [3.8, 4) is 0 Å². The molecule has 5 nitrogen and oxygen atoms in total. The van der Waals surface area contributed by atoms with E-state index in [4.69, 9.17) is 0 Å². The molecule has 1 aromatic heterocycles. The first-order chi connectivity index (χ1) is 9.47. The van der Waals surface area contributed by atoms with Gasteiger partial charge in [0.25, 0.3) is 5.91 Å². The van der Waals surface area contributed by atoms with Gasteiger partial charge in [-0.3, -0.25) is 9.89 Å². The number of aliphatic hydroxyl groups is 1. The van der Waals surface area contributed by atoms with Gasteiger partial charge in [-0.05, 0) is 30.7 Å². The molecule has 1 rings (SSSR count). The first-order valence-electron chi connectivity index (χ1n) is 7.43. The zero-order valence-corrected chi connectivity index (χ0v) is 12.9. The molecule has 3 N–H and O–H groups in total. The van der Waals surface area contributed by atoms with Crippen LogP contribution in [0, 0.1) is 11.8 Å². The number of aryl methyl sites for hydroxylation is 1. The van der Waals surface area contributed by atoms with E-state index in [0.717, 1.165) is 25.0 Å². The highest BCUT2D eigenvalue weighted by Crippen LogP contribution is 2.10. The standard InChI is InChI=1S/C15H27N3O2/c1-5-11(4)14(9-19)16-15(20)13-8-12(17-18-13)7-6-10(2)3/h8,10-11,14,19H,5-7,9H2,1-4H3,(H,16,20)(H,17,18)/t11-,14-/m0/s1. The van der Waals surface area contributed by atoms with Crippen molar-refractivity contribution in [3.63, 3.8) is 0 Å². The third-order valence-corrected chi connectivity index (χ3v) is 3.70. The number of amides is 1. The van der Waals surface area contributed by atoms with Crippen LogP contribution in [0.25, 0.3) is 0 Å². The molecule has 114 valence electrons. The summed E-state index contributed by atoms with van der Waals surface area (Å²) in [7, 11) is 0. The molecule has 2 atom stereocenters. The Kier molecular flexibility index (Phi) is 6.71. The number of aromatic nitrogens is 2. The quantitative estimate of drug-likeness (QED) is 0.683. The Balaban J connectivity index is 2.59. The van der Waals surface area contributed by atoms with Gasteiger partial charge in [-0.2, -0.15) is 5.10 Å². The second-order valence-electron chi connectivity index (χ2n) is 5.86. The second-order valence-corrected chi connectivity index (χ2v) is 5.86. The summed E-state index contributed by atoms with van der Waals surface area (Å²) in [4.78, 5) is 12.1. The molecular formula is C15H27N3O2. The molecule has 0 aliphatic carbocycles. The van der Waals surface area contributed by atoms with Crippen LogP contribution < -0.4 is 5.32 Å². The minimum absolute atomic E-state index is 0.0502. The van der Waals surface area contributed by atoms with E-state index in [9.17, 15) is 9.90 Å². The molecule has 0 unspecified atom stereocenters. The predicted molar refractivity (Wildman–Crippen MR) is 79.5 cm³/mol. The lowest BCUT2D eigenvalue weighted by atomic mass is 10.00. The molecule has 0 spiro atoms. The summed E-state index contributed by atoms with van der Waals surface area (Å²) < 4.78 is 0. The molecule has 0 aromatic carbocycles. The number of carbonyl (C=O) groups is 1. The van der Waals surface area contributed by atoms with Crippen molar-refractivity contribution in [1.29, 1.82) is 0 Å². The second kappa shape index (κ2) is 8.04. The Morgan fingerprint density at radius 1 is 1.45 bits per heavy atom. The molecule has 0 aliphatic rings. The van der Waals surface area contributed by atoms with Gasteiger partial charge < -0.3 is 10.4 Å². The predicted octanol–water partition coefficient (Wildman–Crippen LogP) is 2.14. The summed E-state index contributed by atoms with van der Waals surface area (Å²) in [5.41, 5.74) is 1.37. The monoisotopic (exact) mass is 281 g/mol. The molecule has 1 aromatic rings. The fourth-order valence-corrected chi connectivity index (χ4v) is 1.94. The first-order valence-corrected chi connectivity index (χ1v) is 7.43. The Morgan fingerprint density at radius 3 is 2.70 bits per heavy atom. The molecule has 20 heavy (non-hydrogen) atoms. The molecule has 1 amide bonds. The Labute approximate surface area is 121 Å². The van der Waals surface area contributed by atoms with Gasteiger partial charge >= 0.3 is 0 Å². The smallest absolute Gasteiger partial charge is 0.272 e. The Hall–Kier alpha value is -1.36. The van der Waals surface area contributed by atoms with Crippen LogP contribution >= 0.6 is 0 Å². The summed E-state index contributed by atoms with van der Waals surface area (Å²) in [6.45, 7) is 8.34. The van der Waals surface area contributed by atoms with Crippen LogP contribution in [0.1, 0.15) is 56.7 Å². The van der Waals surface area contributed by atoms with Gasteiger partial charge in [0.1, 0.15) is 5.69 Å². The van der Waals surface area contributed by atoms with Crippen molar-refractivity contribution >= 4 is 5.91 Å². The van der Waals surface area contributed by atoms with Crippen molar-refractivity contribution in [3.05, 3.63) is 17.5 Å². The summed E-state index contributed by atoms with van der Waals surface area (Å²) in [5, 5.41) is 19.1. The first kappa shape index (κ1) is 16.7. The third kappa shape index (κ3) is 4.96. The average Bonchev–Trinajstić information content (AvgIpc) is 2.90. The van der Waals surface area contributed by atoms with Crippen molar-refractivity contribution in [1.82, 2.24) is 15.5 Å². The maximum Gasteiger partial charge on any atom is 0.272 e. The molecule has 0 bridgehead atoms. The van der Waals surface area contributed by atoms with Crippen molar-refractivity contribution < 1.29 is 9.90 Å². The molecule has 0 fully saturated rings. The minimum atomic E-state index is -0.226. The number of carbonyl (C=O) groups excluding carboxylic acids is 1. The number of H-pyrrole nitrogens is 1. The number of nitrogens with one attached hydrogen (secondary N) is 2. The normalized spacial score (nSPS) is 14.3. The number of hydrogen-bond donors (Lipinski definition) is 3. The fraction of sp³-hybridized carbons (Fsp3) is 0.733. The largest absolute Gasteiger partial charge is 0.394 e. The van der Waals surface area contributed by atoms with Crippen LogP contribution in [0.4, 0.5) is 0 Å². The van der Waals surface area contributed by atoms with E-state index >= 15 is 0 Å². The van der Waals surface area contributed by atoms with Gasteiger partial charge in [0.05, 0.1) is 12.6 Å². The van der Waals surface area contributed by atoms with Gasteiger partial charge in [-0.1, -0.05) is 34.1 Å². The minimum Gasteiger partial charge on any atom is -0.394 e. The van der Waals surface area contributed by atoms with E-state index in [1.165, 1.54) is 0 Å². The molecule has 0 radical (unpaired) electrons. The lowest BCUT2D eigenvalue weighted by molar-refractivity contribution is 0.0886. The van der Waals surface area contributed by atoms with Gasteiger partial charge in [0.15, 0.2) is 0 Å². The zero-order valence-electron chi connectivity index (χ0n) is 12.9. The molecule has 1 heterocycles. The molecule has 0 aliphatic heterocycles. The number of rotatable bonds is 8. The SMILES string of the molecule is CC[C@H](C)[C@H](CO)NC(=O)c1cc(CCC(C)C)[nH]n1. The van der Waals surface area contributed by atoms with Crippen molar-refractivity contribution in [2.24, 2.45) is 11.8 Å². The number of hydrogen-bond acceptors (Lipinski definition) is 3. The molecular weight excluding hydrogens is 254 g/mol. The summed E-state index contributed by atoms with van der Waals surface area (Å²) >= 11 is 0. The van der Waals surface area contributed by atoms with Gasteiger partial charge in [-0.15, -0.1) is 0 Å². The average molecular weight is 281 g/mol. The Morgan fingerprint density at radius 2 is 2.15 bits per heavy atom. The summed E-state index contributed by atoms with van der Waals surface area (Å²) in [5.74, 6) is 0.638. The van der Waals surface area contributed by atoms with Gasteiger partial charge in [-0.25, -0.2) is 0 Å².